The van der Waals surface area contributed by atoms with Gasteiger partial charge in [0.15, 0.2) is 0 Å². The number of ether oxygens (including phenoxy) is 3. The highest BCUT2D eigenvalue weighted by atomic mass is 16.6. The Kier molecular flexibility index (Phi) is 4.92. The summed E-state index contributed by atoms with van der Waals surface area (Å²) in [5.41, 5.74) is 3.90. The van der Waals surface area contributed by atoms with E-state index in [1.807, 2.05) is 6.07 Å². The third-order valence-corrected chi connectivity index (χ3v) is 6.03. The van der Waals surface area contributed by atoms with E-state index in [9.17, 15) is 4.79 Å². The second-order valence-corrected chi connectivity index (χ2v) is 7.74. The fraction of sp³-hybridized carbons (Fsp3) is 0.600. The maximum absolute atomic E-state index is 12.1. The molecule has 1 unspecified atom stereocenters. The summed E-state index contributed by atoms with van der Waals surface area (Å²) < 4.78 is 16.6. The summed E-state index contributed by atoms with van der Waals surface area (Å²) in [5, 5.41) is 11.7. The van der Waals surface area contributed by atoms with E-state index in [-0.39, 0.29) is 12.2 Å². The summed E-state index contributed by atoms with van der Waals surface area (Å²) in [6, 6.07) is 4.12. The molecule has 8 nitrogen and oxygen atoms in total. The van der Waals surface area contributed by atoms with Gasteiger partial charge >= 0.3 is 6.09 Å². The molecule has 1 amide bonds. The van der Waals surface area contributed by atoms with E-state index in [1.165, 1.54) is 5.69 Å². The van der Waals surface area contributed by atoms with Gasteiger partial charge in [-0.3, -0.25) is 15.3 Å². The smallest absolute Gasteiger partial charge is 0.412 e. The zero-order valence-electron chi connectivity index (χ0n) is 15.9. The fourth-order valence-electron chi connectivity index (χ4n) is 4.44. The van der Waals surface area contributed by atoms with Gasteiger partial charge in [0.05, 0.1) is 24.4 Å². The maximum Gasteiger partial charge on any atom is 0.412 e. The molecule has 0 spiro atoms. The second-order valence-electron chi connectivity index (χ2n) is 7.74. The van der Waals surface area contributed by atoms with Crippen molar-refractivity contribution in [3.05, 3.63) is 23.4 Å². The van der Waals surface area contributed by atoms with Gasteiger partial charge in [-0.1, -0.05) is 0 Å². The molecule has 5 rings (SSSR count). The van der Waals surface area contributed by atoms with Gasteiger partial charge < -0.3 is 14.2 Å². The minimum atomic E-state index is -0.390. The molecule has 1 atom stereocenters. The highest BCUT2D eigenvalue weighted by Crippen LogP contribution is 2.39. The zero-order chi connectivity index (χ0) is 18.9. The number of anilines is 1. The van der Waals surface area contributed by atoms with Crippen LogP contribution in [0.2, 0.25) is 0 Å². The molecule has 150 valence electrons. The van der Waals surface area contributed by atoms with Crippen LogP contribution in [0.15, 0.2) is 12.1 Å². The van der Waals surface area contributed by atoms with Crippen molar-refractivity contribution in [2.24, 2.45) is 0 Å². The summed E-state index contributed by atoms with van der Waals surface area (Å²) in [6.45, 7) is 5.87. The molecule has 3 aliphatic heterocycles. The maximum atomic E-state index is 12.1. The lowest BCUT2D eigenvalue weighted by molar-refractivity contribution is 0.0275. The molecule has 2 aromatic rings. The number of aromatic nitrogens is 2. The zero-order valence-corrected chi connectivity index (χ0v) is 15.9. The highest BCUT2D eigenvalue weighted by Gasteiger charge is 2.29. The second kappa shape index (κ2) is 7.69. The molecule has 0 saturated carbocycles. The van der Waals surface area contributed by atoms with Gasteiger partial charge in [-0.25, -0.2) is 4.79 Å². The van der Waals surface area contributed by atoms with Crippen molar-refractivity contribution >= 4 is 22.7 Å². The molecule has 2 saturated heterocycles. The standard InChI is InChI=1S/C20H26N4O4/c25-20-21-16-12-17-15(19(23-22-17)13-2-7-26-8-3-13)11-14(16)18(28-20)1-4-24-5-9-27-10-6-24/h11-13,18H,1-10H2,(H,21,25)(H,22,23). The predicted octanol–water partition coefficient (Wildman–Crippen LogP) is 2.78. The number of H-pyrrole nitrogens is 1. The van der Waals surface area contributed by atoms with Gasteiger partial charge in [-0.2, -0.15) is 5.10 Å². The average molecular weight is 386 g/mol. The molecule has 2 fully saturated rings. The topological polar surface area (TPSA) is 88.7 Å². The first kappa shape index (κ1) is 17.9. The molecule has 2 N–H and O–H groups in total. The van der Waals surface area contributed by atoms with E-state index in [2.05, 4.69) is 26.5 Å². The Morgan fingerprint density at radius 2 is 1.89 bits per heavy atom. The molecule has 1 aromatic heterocycles. The summed E-state index contributed by atoms with van der Waals surface area (Å²) in [6.07, 6.45) is 2.15. The van der Waals surface area contributed by atoms with Gasteiger partial charge in [0.2, 0.25) is 0 Å². The Balaban J connectivity index is 1.43. The number of amides is 1. The number of rotatable bonds is 4. The van der Waals surface area contributed by atoms with Crippen LogP contribution in [0.4, 0.5) is 10.5 Å². The number of carbonyl (C=O) groups is 1. The largest absolute Gasteiger partial charge is 0.441 e. The van der Waals surface area contributed by atoms with Crippen LogP contribution < -0.4 is 5.32 Å². The van der Waals surface area contributed by atoms with Crippen LogP contribution in [0.5, 0.6) is 0 Å². The minimum absolute atomic E-state index is 0.242. The Hall–Kier alpha value is -2.16. The quantitative estimate of drug-likeness (QED) is 0.840. The van der Waals surface area contributed by atoms with Crippen LogP contribution in [-0.4, -0.2) is 67.3 Å². The predicted molar refractivity (Wildman–Crippen MR) is 104 cm³/mol. The lowest BCUT2D eigenvalue weighted by Gasteiger charge is -2.30. The van der Waals surface area contributed by atoms with E-state index in [4.69, 9.17) is 14.2 Å². The minimum Gasteiger partial charge on any atom is -0.441 e. The first-order valence-corrected chi connectivity index (χ1v) is 10.2. The first-order chi connectivity index (χ1) is 13.8. The van der Waals surface area contributed by atoms with E-state index >= 15 is 0 Å². The first-order valence-electron chi connectivity index (χ1n) is 10.2. The fourth-order valence-corrected chi connectivity index (χ4v) is 4.44. The molecule has 1 aromatic carbocycles. The molecular weight excluding hydrogens is 360 g/mol. The van der Waals surface area contributed by atoms with Crippen LogP contribution in [-0.2, 0) is 14.2 Å². The number of nitrogens with one attached hydrogen (secondary N) is 2. The van der Waals surface area contributed by atoms with Crippen LogP contribution in [0.3, 0.4) is 0 Å². The van der Waals surface area contributed by atoms with Crippen LogP contribution >= 0.6 is 0 Å². The van der Waals surface area contributed by atoms with Gasteiger partial charge in [0.25, 0.3) is 0 Å². The molecule has 8 heteroatoms. The highest BCUT2D eigenvalue weighted by molar-refractivity contribution is 5.94. The lowest BCUT2D eigenvalue weighted by atomic mass is 9.92. The molecule has 3 aliphatic rings. The van der Waals surface area contributed by atoms with Gasteiger partial charge in [0.1, 0.15) is 6.10 Å². The Morgan fingerprint density at radius 1 is 1.11 bits per heavy atom. The summed E-state index contributed by atoms with van der Waals surface area (Å²) in [4.78, 5) is 14.4. The van der Waals surface area contributed by atoms with Gasteiger partial charge in [-0.05, 0) is 25.0 Å². The van der Waals surface area contributed by atoms with Crippen LogP contribution in [0.1, 0.15) is 42.5 Å². The number of morpholine rings is 1. The number of fused-ring (bicyclic) bond motifs is 2. The number of hydrogen-bond donors (Lipinski definition) is 2. The lowest BCUT2D eigenvalue weighted by Crippen LogP contribution is -2.38. The SMILES string of the molecule is O=C1Nc2cc3n[nH]c(C4CCOCC4)c3cc2C(CCN2CCOCC2)O1. The summed E-state index contributed by atoms with van der Waals surface area (Å²) in [7, 11) is 0. The molecule has 0 radical (unpaired) electrons. The van der Waals surface area contributed by atoms with Crippen molar-refractivity contribution < 1.29 is 19.0 Å². The van der Waals surface area contributed by atoms with Crippen molar-refractivity contribution in [2.75, 3.05) is 51.4 Å². The Labute approximate surface area is 163 Å². The molecule has 0 aliphatic carbocycles. The number of cyclic esters (lactones) is 1. The van der Waals surface area contributed by atoms with Crippen molar-refractivity contribution in [1.29, 1.82) is 0 Å². The van der Waals surface area contributed by atoms with E-state index in [0.29, 0.717) is 5.92 Å². The molecule has 28 heavy (non-hydrogen) atoms. The summed E-state index contributed by atoms with van der Waals surface area (Å²) in [5.74, 6) is 0.433. The summed E-state index contributed by atoms with van der Waals surface area (Å²) >= 11 is 0. The normalized spacial score (nSPS) is 24.0. The van der Waals surface area contributed by atoms with Crippen molar-refractivity contribution in [1.82, 2.24) is 15.1 Å². The molecule has 4 heterocycles. The van der Waals surface area contributed by atoms with Crippen molar-refractivity contribution in [3.63, 3.8) is 0 Å². The van der Waals surface area contributed by atoms with Crippen molar-refractivity contribution in [2.45, 2.75) is 31.3 Å². The van der Waals surface area contributed by atoms with E-state index < -0.39 is 0 Å². The molecule has 0 bridgehead atoms. The van der Waals surface area contributed by atoms with Crippen LogP contribution in [0, 0.1) is 0 Å². The number of hydrogen-bond acceptors (Lipinski definition) is 6. The third-order valence-electron chi connectivity index (χ3n) is 6.03. The third kappa shape index (κ3) is 3.47. The van der Waals surface area contributed by atoms with Gasteiger partial charge in [0, 0.05) is 61.8 Å². The average Bonchev–Trinajstić information content (AvgIpc) is 3.14. The van der Waals surface area contributed by atoms with E-state index in [1.54, 1.807) is 0 Å². The Morgan fingerprint density at radius 3 is 2.71 bits per heavy atom. The number of aromatic amines is 1. The number of benzene rings is 1. The van der Waals surface area contributed by atoms with E-state index in [0.717, 1.165) is 87.5 Å². The van der Waals surface area contributed by atoms with Gasteiger partial charge in [-0.15, -0.1) is 0 Å². The molecular formula is C20H26N4O4. The number of nitrogens with zero attached hydrogens (tertiary/aromatic N) is 2. The number of carbonyl (C=O) groups excluding carboxylic acids is 1. The van der Waals surface area contributed by atoms with Crippen molar-refractivity contribution in [3.8, 4) is 0 Å². The van der Waals surface area contributed by atoms with Crippen LogP contribution in [0.25, 0.3) is 10.9 Å². The monoisotopic (exact) mass is 386 g/mol. The Bertz CT molecular complexity index is 855.